The highest BCUT2D eigenvalue weighted by atomic mass is 16.7. The highest BCUT2D eigenvalue weighted by Gasteiger charge is 2.59. The van der Waals surface area contributed by atoms with E-state index < -0.39 is 72.4 Å². The van der Waals surface area contributed by atoms with Crippen LogP contribution in [0.5, 0.6) is 0 Å². The Bertz CT molecular complexity index is 1120. The zero-order valence-corrected chi connectivity index (χ0v) is 27.2. The molecule has 5 atom stereocenters. The van der Waals surface area contributed by atoms with E-state index in [1.807, 2.05) is 41.5 Å². The van der Waals surface area contributed by atoms with Gasteiger partial charge in [-0.1, -0.05) is 55.4 Å². The molecule has 44 heavy (non-hydrogen) atoms. The van der Waals surface area contributed by atoms with Crippen molar-refractivity contribution in [1.29, 1.82) is 0 Å². The van der Waals surface area contributed by atoms with Gasteiger partial charge in [0.15, 0.2) is 11.7 Å². The Kier molecular flexibility index (Phi) is 13.4. The second-order valence-corrected chi connectivity index (χ2v) is 13.0. The van der Waals surface area contributed by atoms with Crippen molar-refractivity contribution in [1.82, 2.24) is 0 Å². The highest BCUT2D eigenvalue weighted by Crippen LogP contribution is 2.47. The van der Waals surface area contributed by atoms with E-state index in [0.717, 1.165) is 0 Å². The average Bonchev–Trinajstić information content (AvgIpc) is 3.16. The van der Waals surface area contributed by atoms with Gasteiger partial charge in [0, 0.05) is 37.7 Å². The lowest BCUT2D eigenvalue weighted by molar-refractivity contribution is -0.219. The molecular formula is C32H48O12. The minimum absolute atomic E-state index is 0.00665. The molecule has 1 unspecified atom stereocenters. The molecule has 1 aliphatic heterocycles. The van der Waals surface area contributed by atoms with Gasteiger partial charge in [0.05, 0.1) is 12.2 Å². The largest absolute Gasteiger partial charge is 0.461 e. The molecule has 0 aromatic heterocycles. The number of hydrogen-bond acceptors (Lipinski definition) is 12. The van der Waals surface area contributed by atoms with Crippen LogP contribution < -0.4 is 0 Å². The molecule has 0 saturated carbocycles. The number of esters is 5. The Morgan fingerprint density at radius 3 is 1.91 bits per heavy atom. The number of carbonyl (C=O) groups excluding carboxylic acids is 5. The molecule has 1 aliphatic carbocycles. The fraction of sp³-hybridized carbons (Fsp3) is 0.719. The minimum Gasteiger partial charge on any atom is -0.461 e. The quantitative estimate of drug-likeness (QED) is 0.208. The molecule has 0 bridgehead atoms. The van der Waals surface area contributed by atoms with Crippen LogP contribution in [0, 0.1) is 29.6 Å². The van der Waals surface area contributed by atoms with Crippen LogP contribution in [0.1, 0.15) is 81.6 Å². The van der Waals surface area contributed by atoms with Crippen LogP contribution in [-0.4, -0.2) is 72.3 Å². The van der Waals surface area contributed by atoms with Crippen LogP contribution in [0.2, 0.25) is 0 Å². The van der Waals surface area contributed by atoms with Gasteiger partial charge in [-0.05, 0) is 29.4 Å². The fourth-order valence-electron chi connectivity index (χ4n) is 4.83. The Labute approximate surface area is 259 Å². The molecule has 0 amide bonds. The number of carbonyl (C=O) groups is 5. The van der Waals surface area contributed by atoms with Gasteiger partial charge in [-0.15, -0.1) is 0 Å². The molecule has 2 rings (SSSR count). The van der Waals surface area contributed by atoms with Gasteiger partial charge in [-0.2, -0.15) is 0 Å². The van der Waals surface area contributed by atoms with Crippen LogP contribution in [0.25, 0.3) is 0 Å². The molecule has 1 N–H and O–H groups in total. The number of hydrogen-bond donors (Lipinski definition) is 1. The Balaban J connectivity index is 2.48. The van der Waals surface area contributed by atoms with Crippen molar-refractivity contribution in [2.75, 3.05) is 13.2 Å². The predicted octanol–water partition coefficient (Wildman–Crippen LogP) is 3.78. The minimum atomic E-state index is -2.18. The van der Waals surface area contributed by atoms with Crippen LogP contribution >= 0.6 is 0 Å². The normalized spacial score (nSPS) is 23.4. The monoisotopic (exact) mass is 624 g/mol. The molecule has 12 heteroatoms. The van der Waals surface area contributed by atoms with Crippen LogP contribution in [0.3, 0.4) is 0 Å². The summed E-state index contributed by atoms with van der Waals surface area (Å²) in [6, 6.07) is 0. The number of ether oxygens (including phenoxy) is 6. The van der Waals surface area contributed by atoms with Gasteiger partial charge in [-0.3, -0.25) is 19.2 Å². The van der Waals surface area contributed by atoms with E-state index >= 15 is 0 Å². The molecule has 0 aromatic carbocycles. The summed E-state index contributed by atoms with van der Waals surface area (Å²) in [6.07, 6.45) is -1.10. The van der Waals surface area contributed by atoms with Crippen molar-refractivity contribution in [2.45, 2.75) is 106 Å². The van der Waals surface area contributed by atoms with E-state index in [4.69, 9.17) is 28.4 Å². The maximum Gasteiger partial charge on any atom is 0.347 e. The van der Waals surface area contributed by atoms with E-state index in [9.17, 15) is 29.1 Å². The lowest BCUT2D eigenvalue weighted by Gasteiger charge is -2.40. The van der Waals surface area contributed by atoms with Gasteiger partial charge in [0.1, 0.15) is 13.2 Å². The first-order valence-corrected chi connectivity index (χ1v) is 15.1. The lowest BCUT2D eigenvalue weighted by Crippen LogP contribution is -2.56. The number of aliphatic hydroxyl groups is 1. The molecule has 0 saturated heterocycles. The van der Waals surface area contributed by atoms with E-state index in [0.29, 0.717) is 11.1 Å². The third-order valence-corrected chi connectivity index (χ3v) is 6.89. The summed E-state index contributed by atoms with van der Waals surface area (Å²) >= 11 is 0. The molecule has 0 fully saturated rings. The summed E-state index contributed by atoms with van der Waals surface area (Å²) in [4.78, 5) is 62.7. The van der Waals surface area contributed by atoms with Crippen molar-refractivity contribution >= 4 is 29.8 Å². The van der Waals surface area contributed by atoms with Gasteiger partial charge in [0.2, 0.25) is 6.10 Å². The third-order valence-electron chi connectivity index (χ3n) is 6.89. The van der Waals surface area contributed by atoms with Crippen LogP contribution in [-0.2, 0) is 52.4 Å². The Morgan fingerprint density at radius 2 is 1.39 bits per heavy atom. The molecule has 12 nitrogen and oxygen atoms in total. The summed E-state index contributed by atoms with van der Waals surface area (Å²) in [5.74, 6) is -5.00. The van der Waals surface area contributed by atoms with E-state index in [1.54, 1.807) is 13.8 Å². The third kappa shape index (κ3) is 10.3. The molecule has 2 aliphatic rings. The number of rotatable bonds is 15. The molecular weight excluding hydrogens is 576 g/mol. The van der Waals surface area contributed by atoms with Gasteiger partial charge >= 0.3 is 29.8 Å². The van der Waals surface area contributed by atoms with Gasteiger partial charge in [0.25, 0.3) is 6.29 Å². The molecule has 0 aromatic rings. The maximum absolute atomic E-state index is 13.2. The lowest BCUT2D eigenvalue weighted by atomic mass is 9.82. The maximum atomic E-state index is 13.2. The first-order valence-electron chi connectivity index (χ1n) is 15.1. The molecule has 0 spiro atoms. The summed E-state index contributed by atoms with van der Waals surface area (Å²) in [5, 5.41) is 12.2. The summed E-state index contributed by atoms with van der Waals surface area (Å²) in [5.41, 5.74) is -1.51. The second-order valence-electron chi connectivity index (χ2n) is 13.0. The average molecular weight is 625 g/mol. The zero-order chi connectivity index (χ0) is 33.4. The molecule has 0 radical (unpaired) electrons. The molecule has 248 valence electrons. The Hall–Kier alpha value is -3.41. The van der Waals surface area contributed by atoms with Gasteiger partial charge < -0.3 is 33.5 Å². The SMILES string of the molecule is CC(=O)OCC1=CO[C@@H](OC(=O)CC(C)C)[C@H]2C1=C[C@H](OC(=O)CC(C)C)[C@]2(O)COC(=O)C(OC(=O)CC(C)C)C(C)C. The zero-order valence-electron chi connectivity index (χ0n) is 27.2. The van der Waals surface area contributed by atoms with Crippen molar-refractivity contribution in [3.8, 4) is 0 Å². The topological polar surface area (TPSA) is 161 Å². The van der Waals surface area contributed by atoms with Crippen LogP contribution in [0.4, 0.5) is 0 Å². The van der Waals surface area contributed by atoms with Crippen molar-refractivity contribution < 1.29 is 57.5 Å². The van der Waals surface area contributed by atoms with Crippen molar-refractivity contribution in [2.24, 2.45) is 29.6 Å². The summed E-state index contributed by atoms with van der Waals surface area (Å²) < 4.78 is 33.2. The first-order chi connectivity index (χ1) is 20.4. The molecule has 1 heterocycles. The smallest absolute Gasteiger partial charge is 0.347 e. The summed E-state index contributed by atoms with van der Waals surface area (Å²) in [6.45, 7) is 14.6. The first kappa shape index (κ1) is 36.8. The Morgan fingerprint density at radius 1 is 0.841 bits per heavy atom. The van der Waals surface area contributed by atoms with Gasteiger partial charge in [-0.25, -0.2) is 4.79 Å². The predicted molar refractivity (Wildman–Crippen MR) is 156 cm³/mol. The van der Waals surface area contributed by atoms with E-state index in [2.05, 4.69) is 0 Å². The van der Waals surface area contributed by atoms with E-state index in [-0.39, 0.29) is 43.6 Å². The summed E-state index contributed by atoms with van der Waals surface area (Å²) in [7, 11) is 0. The van der Waals surface area contributed by atoms with E-state index in [1.165, 1.54) is 19.3 Å². The van der Waals surface area contributed by atoms with Crippen molar-refractivity contribution in [3.05, 3.63) is 23.5 Å². The van der Waals surface area contributed by atoms with Crippen LogP contribution in [0.15, 0.2) is 23.5 Å². The standard InChI is InChI=1S/C32H48O12/c1-17(2)10-25(34)42-24-13-23-22(14-39-21(9)33)15-40-31(44-27(36)12-19(5)6)28(23)32(24,38)16-41-30(37)29(20(7)8)43-26(35)11-18(3)4/h13,15,17-20,24,28-29,31,38H,10-12,14,16H2,1-9H3/t24-,28+,29?,31-,32+/m0/s1. The highest BCUT2D eigenvalue weighted by molar-refractivity contribution is 5.80. The van der Waals surface area contributed by atoms with Crippen molar-refractivity contribution in [3.63, 3.8) is 0 Å². The second kappa shape index (κ2) is 16.1. The fourth-order valence-corrected chi connectivity index (χ4v) is 4.83. The number of fused-ring (bicyclic) bond motifs is 1.